The molecule has 0 aromatic carbocycles. The number of ether oxygens (including phenoxy) is 1. The van der Waals surface area contributed by atoms with Gasteiger partial charge in [-0.25, -0.2) is 4.98 Å². The third kappa shape index (κ3) is 3.47. The molecule has 0 fully saturated rings. The fraction of sp³-hybridized carbons (Fsp3) is 0.286. The Morgan fingerprint density at radius 2 is 1.97 bits per heavy atom. The molecule has 0 unspecified atom stereocenters. The van der Waals surface area contributed by atoms with Crippen molar-refractivity contribution >= 4 is 17.4 Å². The minimum atomic E-state index is 0.368. The lowest BCUT2D eigenvalue weighted by Crippen LogP contribution is -2.32. The first-order chi connectivity index (χ1) is 14.0. The van der Waals surface area contributed by atoms with Gasteiger partial charge in [0.2, 0.25) is 0 Å². The van der Waals surface area contributed by atoms with Crippen molar-refractivity contribution in [2.75, 3.05) is 18.6 Å². The van der Waals surface area contributed by atoms with Crippen molar-refractivity contribution in [1.29, 1.82) is 5.26 Å². The summed E-state index contributed by atoms with van der Waals surface area (Å²) in [5.74, 6) is 1.45. The van der Waals surface area contributed by atoms with E-state index in [2.05, 4.69) is 37.2 Å². The van der Waals surface area contributed by atoms with Crippen LogP contribution in [0.2, 0.25) is 5.15 Å². The molecule has 0 saturated heterocycles. The van der Waals surface area contributed by atoms with Gasteiger partial charge in [0.25, 0.3) is 0 Å². The molecule has 0 spiro atoms. The van der Waals surface area contributed by atoms with Crippen LogP contribution in [0.5, 0.6) is 5.75 Å². The molecule has 1 aliphatic heterocycles. The zero-order chi connectivity index (χ0) is 20.5. The second-order valence-corrected chi connectivity index (χ2v) is 7.31. The number of pyridine rings is 2. The number of halogens is 1. The van der Waals surface area contributed by atoms with Gasteiger partial charge in [-0.05, 0) is 42.7 Å². The van der Waals surface area contributed by atoms with Crippen LogP contribution in [0, 0.1) is 25.2 Å². The quantitative estimate of drug-likeness (QED) is 0.613. The number of methoxy groups -OCH3 is 1. The number of fused-ring (bicyclic) bond motifs is 1. The van der Waals surface area contributed by atoms with Gasteiger partial charge >= 0.3 is 0 Å². The molecule has 0 atom stereocenters. The van der Waals surface area contributed by atoms with Gasteiger partial charge in [-0.3, -0.25) is 4.98 Å². The van der Waals surface area contributed by atoms with Gasteiger partial charge in [-0.15, -0.1) is 10.2 Å². The molecule has 4 heterocycles. The summed E-state index contributed by atoms with van der Waals surface area (Å²) < 4.78 is 5.27. The SMILES string of the molecule is COc1cnc(Cl)c(-c2cnc3c(c2)CN(c2nnc(C#N)c(C)c2C)CC3)c1. The minimum absolute atomic E-state index is 0.368. The smallest absolute Gasteiger partial charge is 0.166 e. The minimum Gasteiger partial charge on any atom is -0.495 e. The Bertz CT molecular complexity index is 1140. The molecule has 0 aliphatic carbocycles. The van der Waals surface area contributed by atoms with E-state index in [9.17, 15) is 5.26 Å². The Labute approximate surface area is 174 Å². The lowest BCUT2D eigenvalue weighted by Gasteiger charge is -2.30. The van der Waals surface area contributed by atoms with Gasteiger partial charge in [0.1, 0.15) is 17.0 Å². The van der Waals surface area contributed by atoms with E-state index in [1.165, 1.54) is 0 Å². The Kier molecular flexibility index (Phi) is 5.03. The van der Waals surface area contributed by atoms with Gasteiger partial charge in [0.05, 0.1) is 13.3 Å². The fourth-order valence-electron chi connectivity index (χ4n) is 3.50. The molecule has 1 aliphatic rings. The predicted molar refractivity (Wildman–Crippen MR) is 110 cm³/mol. The highest BCUT2D eigenvalue weighted by molar-refractivity contribution is 6.32. The van der Waals surface area contributed by atoms with Crippen LogP contribution in [-0.4, -0.2) is 33.8 Å². The number of aromatic nitrogens is 4. The lowest BCUT2D eigenvalue weighted by atomic mass is 10.00. The topological polar surface area (TPSA) is 87.8 Å². The zero-order valence-electron chi connectivity index (χ0n) is 16.4. The summed E-state index contributed by atoms with van der Waals surface area (Å²) in [5.41, 5.74) is 6.05. The molecule has 0 radical (unpaired) electrons. The average molecular weight is 407 g/mol. The molecule has 0 saturated carbocycles. The van der Waals surface area contributed by atoms with Crippen molar-refractivity contribution in [1.82, 2.24) is 20.2 Å². The summed E-state index contributed by atoms with van der Waals surface area (Å²) in [6, 6.07) is 6.04. The second kappa shape index (κ2) is 7.64. The van der Waals surface area contributed by atoms with E-state index in [0.29, 0.717) is 23.1 Å². The molecule has 3 aromatic rings. The van der Waals surface area contributed by atoms with Crippen molar-refractivity contribution in [2.45, 2.75) is 26.8 Å². The number of hydrogen-bond donors (Lipinski definition) is 0. The van der Waals surface area contributed by atoms with Gasteiger partial charge in [0.15, 0.2) is 11.5 Å². The third-order valence-electron chi connectivity index (χ3n) is 5.30. The summed E-state index contributed by atoms with van der Waals surface area (Å²) in [5, 5.41) is 18.0. The summed E-state index contributed by atoms with van der Waals surface area (Å²) in [4.78, 5) is 11.0. The maximum atomic E-state index is 9.17. The van der Waals surface area contributed by atoms with E-state index in [4.69, 9.17) is 16.3 Å². The standard InChI is InChI=1S/C21H19ClN6O/c1-12-13(2)21(27-26-19(12)8-23)28-5-4-18-15(11-28)6-14(9-24-18)17-7-16(29-3)10-25-20(17)22/h6-7,9-10H,4-5,11H2,1-3H3. The van der Waals surface area contributed by atoms with E-state index in [1.807, 2.05) is 26.1 Å². The van der Waals surface area contributed by atoms with Crippen molar-refractivity contribution < 1.29 is 4.74 Å². The van der Waals surface area contributed by atoms with Crippen LogP contribution in [0.1, 0.15) is 28.1 Å². The molecule has 4 rings (SSSR count). The van der Waals surface area contributed by atoms with Crippen molar-refractivity contribution in [3.05, 3.63) is 57.8 Å². The third-order valence-corrected chi connectivity index (χ3v) is 5.60. The van der Waals surface area contributed by atoms with Crippen LogP contribution in [0.25, 0.3) is 11.1 Å². The average Bonchev–Trinajstić information content (AvgIpc) is 2.75. The van der Waals surface area contributed by atoms with Gasteiger partial charge in [-0.2, -0.15) is 5.26 Å². The van der Waals surface area contributed by atoms with Crippen LogP contribution < -0.4 is 9.64 Å². The van der Waals surface area contributed by atoms with Crippen molar-refractivity contribution in [2.24, 2.45) is 0 Å². The molecule has 29 heavy (non-hydrogen) atoms. The van der Waals surface area contributed by atoms with Crippen molar-refractivity contribution in [3.63, 3.8) is 0 Å². The largest absolute Gasteiger partial charge is 0.495 e. The molecule has 0 amide bonds. The van der Waals surface area contributed by atoms with Gasteiger partial charge in [-0.1, -0.05) is 11.6 Å². The number of hydrogen-bond acceptors (Lipinski definition) is 7. The van der Waals surface area contributed by atoms with Crippen LogP contribution >= 0.6 is 11.6 Å². The van der Waals surface area contributed by atoms with Gasteiger partial charge in [0, 0.05) is 42.5 Å². The van der Waals surface area contributed by atoms with E-state index >= 15 is 0 Å². The second-order valence-electron chi connectivity index (χ2n) is 6.95. The van der Waals surface area contributed by atoms with E-state index in [0.717, 1.165) is 52.3 Å². The molecule has 3 aromatic heterocycles. The summed E-state index contributed by atoms with van der Waals surface area (Å²) in [6.07, 6.45) is 4.22. The first-order valence-electron chi connectivity index (χ1n) is 9.18. The monoisotopic (exact) mass is 406 g/mol. The molecule has 0 bridgehead atoms. The molecular weight excluding hydrogens is 388 g/mol. The Hall–Kier alpha value is -3.24. The molecule has 146 valence electrons. The maximum Gasteiger partial charge on any atom is 0.166 e. The van der Waals surface area contributed by atoms with Crippen LogP contribution in [-0.2, 0) is 13.0 Å². The highest BCUT2D eigenvalue weighted by atomic mass is 35.5. The van der Waals surface area contributed by atoms with E-state index in [1.54, 1.807) is 13.3 Å². The van der Waals surface area contributed by atoms with Crippen LogP contribution in [0.4, 0.5) is 5.82 Å². The number of nitrogens with zero attached hydrogens (tertiary/aromatic N) is 6. The molecule has 7 nitrogen and oxygen atoms in total. The number of rotatable bonds is 3. The van der Waals surface area contributed by atoms with Crippen LogP contribution in [0.15, 0.2) is 24.5 Å². The van der Waals surface area contributed by atoms with Gasteiger partial charge < -0.3 is 9.64 Å². The Morgan fingerprint density at radius 1 is 1.14 bits per heavy atom. The van der Waals surface area contributed by atoms with E-state index < -0.39 is 0 Å². The Balaban J connectivity index is 1.69. The summed E-state index contributed by atoms with van der Waals surface area (Å²) in [6.45, 7) is 5.33. The van der Waals surface area contributed by atoms with E-state index in [-0.39, 0.29) is 0 Å². The maximum absolute atomic E-state index is 9.17. The summed E-state index contributed by atoms with van der Waals surface area (Å²) >= 11 is 6.31. The van der Waals surface area contributed by atoms with Crippen LogP contribution in [0.3, 0.4) is 0 Å². The number of anilines is 1. The molecule has 0 N–H and O–H groups in total. The predicted octanol–water partition coefficient (Wildman–Crippen LogP) is 3.65. The fourth-order valence-corrected chi connectivity index (χ4v) is 3.71. The molecule has 8 heteroatoms. The number of nitriles is 1. The molecular formula is C21H19ClN6O. The first-order valence-corrected chi connectivity index (χ1v) is 9.56. The normalized spacial score (nSPS) is 13.0. The first kappa shape index (κ1) is 19.1. The highest BCUT2D eigenvalue weighted by Gasteiger charge is 2.23. The van der Waals surface area contributed by atoms with Crippen molar-refractivity contribution in [3.8, 4) is 22.9 Å². The lowest BCUT2D eigenvalue weighted by molar-refractivity contribution is 0.413. The Morgan fingerprint density at radius 3 is 2.72 bits per heavy atom. The summed E-state index contributed by atoms with van der Waals surface area (Å²) in [7, 11) is 1.60. The zero-order valence-corrected chi connectivity index (χ0v) is 17.2. The highest BCUT2D eigenvalue weighted by Crippen LogP contribution is 2.32.